The third-order valence-corrected chi connectivity index (χ3v) is 2.48. The van der Waals surface area contributed by atoms with Crippen molar-refractivity contribution in [2.24, 2.45) is 5.92 Å². The Hall–Kier alpha value is -1.06. The number of nitrogens with one attached hydrogen (secondary N) is 1. The Labute approximate surface area is 96.7 Å². The Morgan fingerprint density at radius 2 is 2.12 bits per heavy atom. The Morgan fingerprint density at radius 3 is 2.75 bits per heavy atom. The molecule has 1 amide bonds. The van der Waals surface area contributed by atoms with Crippen LogP contribution in [0.5, 0.6) is 0 Å². The molecule has 0 spiro atoms. The van der Waals surface area contributed by atoms with Crippen LogP contribution in [-0.2, 0) is 14.3 Å². The second-order valence-corrected chi connectivity index (χ2v) is 5.27. The lowest BCUT2D eigenvalue weighted by Crippen LogP contribution is -2.32. The number of esters is 1. The van der Waals surface area contributed by atoms with Crippen LogP contribution in [0.2, 0.25) is 0 Å². The van der Waals surface area contributed by atoms with Crippen LogP contribution >= 0.6 is 0 Å². The van der Waals surface area contributed by atoms with Crippen molar-refractivity contribution >= 4 is 11.9 Å². The maximum absolute atomic E-state index is 11.6. The number of ether oxygens (including phenoxy) is 1. The molecule has 0 aliphatic carbocycles. The van der Waals surface area contributed by atoms with E-state index in [-0.39, 0.29) is 24.2 Å². The minimum absolute atomic E-state index is 0.0108. The van der Waals surface area contributed by atoms with Gasteiger partial charge in [-0.25, -0.2) is 0 Å². The highest BCUT2D eigenvalue weighted by molar-refractivity contribution is 5.83. The van der Waals surface area contributed by atoms with Gasteiger partial charge < -0.3 is 10.1 Å². The fourth-order valence-electron chi connectivity index (χ4n) is 1.78. The third kappa shape index (κ3) is 4.64. The zero-order valence-electron chi connectivity index (χ0n) is 10.3. The van der Waals surface area contributed by atoms with Crippen molar-refractivity contribution in [1.29, 1.82) is 0 Å². The van der Waals surface area contributed by atoms with E-state index in [2.05, 4.69) is 5.32 Å². The lowest BCUT2D eigenvalue weighted by molar-refractivity contribution is -0.157. The molecule has 0 bridgehead atoms. The van der Waals surface area contributed by atoms with E-state index in [0.717, 1.165) is 25.8 Å². The molecule has 1 aliphatic heterocycles. The van der Waals surface area contributed by atoms with E-state index < -0.39 is 5.60 Å². The number of rotatable bonds is 2. The number of amides is 1. The van der Waals surface area contributed by atoms with Crippen LogP contribution in [0.1, 0.15) is 46.5 Å². The number of hydrogen-bond donors (Lipinski definition) is 1. The van der Waals surface area contributed by atoms with Crippen LogP contribution in [0.4, 0.5) is 0 Å². The third-order valence-electron chi connectivity index (χ3n) is 2.48. The Balaban J connectivity index is 2.45. The summed E-state index contributed by atoms with van der Waals surface area (Å²) < 4.78 is 5.21. The van der Waals surface area contributed by atoms with Crippen molar-refractivity contribution in [3.63, 3.8) is 0 Å². The van der Waals surface area contributed by atoms with Gasteiger partial charge in [0.2, 0.25) is 5.91 Å². The van der Waals surface area contributed by atoms with Crippen molar-refractivity contribution < 1.29 is 14.3 Å². The molecule has 4 heteroatoms. The average molecular weight is 227 g/mol. The SMILES string of the molecule is CC(C)(C)OC(=O)C[C@H]1CCCCNC1=O. The van der Waals surface area contributed by atoms with Crippen LogP contribution < -0.4 is 5.32 Å². The molecule has 0 saturated carbocycles. The van der Waals surface area contributed by atoms with Gasteiger partial charge in [0.05, 0.1) is 6.42 Å². The van der Waals surface area contributed by atoms with Crippen molar-refractivity contribution in [3.8, 4) is 0 Å². The molecule has 0 unspecified atom stereocenters. The monoisotopic (exact) mass is 227 g/mol. The highest BCUT2D eigenvalue weighted by atomic mass is 16.6. The Bertz CT molecular complexity index is 268. The normalized spacial score (nSPS) is 22.2. The molecule has 1 fully saturated rings. The maximum Gasteiger partial charge on any atom is 0.307 e. The van der Waals surface area contributed by atoms with Crippen LogP contribution in [0.15, 0.2) is 0 Å². The van der Waals surface area contributed by atoms with Gasteiger partial charge in [0.15, 0.2) is 0 Å². The van der Waals surface area contributed by atoms with Crippen LogP contribution in [0, 0.1) is 5.92 Å². The maximum atomic E-state index is 11.6. The predicted octanol–water partition coefficient (Wildman–Crippen LogP) is 1.63. The van der Waals surface area contributed by atoms with E-state index in [4.69, 9.17) is 4.74 Å². The molecule has 1 atom stereocenters. The summed E-state index contributed by atoms with van der Waals surface area (Å²) in [6.45, 7) is 6.22. The molecule has 0 radical (unpaired) electrons. The van der Waals surface area contributed by atoms with Gasteiger partial charge in [-0.3, -0.25) is 9.59 Å². The highest BCUT2D eigenvalue weighted by Crippen LogP contribution is 2.18. The average Bonchev–Trinajstić information content (AvgIpc) is 2.29. The van der Waals surface area contributed by atoms with Gasteiger partial charge in [-0.1, -0.05) is 6.42 Å². The van der Waals surface area contributed by atoms with Gasteiger partial charge in [-0.05, 0) is 33.6 Å². The molecular weight excluding hydrogens is 206 g/mol. The Morgan fingerprint density at radius 1 is 1.44 bits per heavy atom. The second kappa shape index (κ2) is 5.32. The first-order chi connectivity index (χ1) is 7.38. The van der Waals surface area contributed by atoms with Gasteiger partial charge in [0.1, 0.15) is 5.60 Å². The molecule has 4 nitrogen and oxygen atoms in total. The van der Waals surface area contributed by atoms with E-state index in [0.29, 0.717) is 0 Å². The fraction of sp³-hybridized carbons (Fsp3) is 0.833. The van der Waals surface area contributed by atoms with Gasteiger partial charge in [-0.15, -0.1) is 0 Å². The van der Waals surface area contributed by atoms with Crippen molar-refractivity contribution in [2.45, 2.75) is 52.1 Å². The van der Waals surface area contributed by atoms with Crippen LogP contribution in [0.25, 0.3) is 0 Å². The fourth-order valence-corrected chi connectivity index (χ4v) is 1.78. The van der Waals surface area contributed by atoms with E-state index in [1.54, 1.807) is 0 Å². The molecule has 92 valence electrons. The molecule has 0 aromatic carbocycles. The highest BCUT2D eigenvalue weighted by Gasteiger charge is 2.26. The van der Waals surface area contributed by atoms with Gasteiger partial charge in [-0.2, -0.15) is 0 Å². The van der Waals surface area contributed by atoms with E-state index >= 15 is 0 Å². The summed E-state index contributed by atoms with van der Waals surface area (Å²) in [5.41, 5.74) is -0.474. The van der Waals surface area contributed by atoms with E-state index in [1.807, 2.05) is 20.8 Å². The van der Waals surface area contributed by atoms with Crippen molar-refractivity contribution in [1.82, 2.24) is 5.32 Å². The topological polar surface area (TPSA) is 55.4 Å². The quantitative estimate of drug-likeness (QED) is 0.729. The summed E-state index contributed by atoms with van der Waals surface area (Å²) in [5, 5.41) is 2.82. The first kappa shape index (κ1) is 13.0. The van der Waals surface area contributed by atoms with E-state index in [9.17, 15) is 9.59 Å². The smallest absolute Gasteiger partial charge is 0.307 e. The van der Waals surface area contributed by atoms with Gasteiger partial charge in [0, 0.05) is 12.5 Å². The summed E-state index contributed by atoms with van der Waals surface area (Å²) in [7, 11) is 0. The molecule has 1 N–H and O–H groups in total. The molecule has 1 saturated heterocycles. The summed E-state index contributed by atoms with van der Waals surface area (Å²) >= 11 is 0. The lowest BCUT2D eigenvalue weighted by atomic mass is 9.99. The summed E-state index contributed by atoms with van der Waals surface area (Å²) in [6, 6.07) is 0. The lowest BCUT2D eigenvalue weighted by Gasteiger charge is -2.21. The zero-order valence-corrected chi connectivity index (χ0v) is 10.3. The van der Waals surface area contributed by atoms with Gasteiger partial charge in [0.25, 0.3) is 0 Å². The number of carbonyl (C=O) groups excluding carboxylic acids is 2. The summed E-state index contributed by atoms with van der Waals surface area (Å²) in [6.07, 6.45) is 2.97. The second-order valence-electron chi connectivity index (χ2n) is 5.27. The van der Waals surface area contributed by atoms with Crippen molar-refractivity contribution in [2.75, 3.05) is 6.54 Å². The summed E-state index contributed by atoms with van der Waals surface area (Å²) in [4.78, 5) is 23.2. The predicted molar refractivity (Wildman–Crippen MR) is 60.8 cm³/mol. The number of hydrogen-bond acceptors (Lipinski definition) is 3. The largest absolute Gasteiger partial charge is 0.460 e. The standard InChI is InChI=1S/C12H21NO3/c1-12(2,3)16-10(14)8-9-6-4-5-7-13-11(9)15/h9H,4-8H2,1-3H3,(H,13,15)/t9-/m1/s1. The van der Waals surface area contributed by atoms with E-state index in [1.165, 1.54) is 0 Å². The van der Waals surface area contributed by atoms with Gasteiger partial charge >= 0.3 is 5.97 Å². The number of carbonyl (C=O) groups is 2. The Kier molecular flexibility index (Phi) is 4.33. The zero-order chi connectivity index (χ0) is 12.2. The molecule has 1 rings (SSSR count). The molecule has 0 aromatic rings. The van der Waals surface area contributed by atoms with Crippen LogP contribution in [-0.4, -0.2) is 24.0 Å². The minimum atomic E-state index is -0.474. The van der Waals surface area contributed by atoms with Crippen molar-refractivity contribution in [3.05, 3.63) is 0 Å². The van der Waals surface area contributed by atoms with Crippen LogP contribution in [0.3, 0.4) is 0 Å². The molecule has 1 heterocycles. The molecule has 16 heavy (non-hydrogen) atoms. The molecule has 0 aromatic heterocycles. The minimum Gasteiger partial charge on any atom is -0.460 e. The summed E-state index contributed by atoms with van der Waals surface area (Å²) in [5.74, 6) is -0.504. The molecular formula is C12H21NO3. The first-order valence-electron chi connectivity index (χ1n) is 5.88. The first-order valence-corrected chi connectivity index (χ1v) is 5.88. The molecule has 1 aliphatic rings.